The Kier molecular flexibility index (Phi) is 5.55. The van der Waals surface area contributed by atoms with Gasteiger partial charge in [-0.3, -0.25) is 5.10 Å². The molecule has 0 aliphatic carbocycles. The highest BCUT2D eigenvalue weighted by Gasteiger charge is 2.10. The topological polar surface area (TPSA) is 73.1 Å². The molecule has 0 saturated carbocycles. The van der Waals surface area contributed by atoms with Crippen molar-refractivity contribution < 1.29 is 4.79 Å². The third-order valence-electron chi connectivity index (χ3n) is 3.79. The molecule has 0 unspecified atom stereocenters. The molecular weight excluding hydrogens is 310 g/mol. The minimum atomic E-state index is -0.273. The van der Waals surface area contributed by atoms with E-state index < -0.39 is 0 Å². The van der Waals surface area contributed by atoms with Crippen molar-refractivity contribution >= 4 is 29.2 Å². The van der Waals surface area contributed by atoms with Crippen molar-refractivity contribution in [1.29, 1.82) is 0 Å². The lowest BCUT2D eigenvalue weighted by Gasteiger charge is -2.26. The molecule has 1 saturated heterocycles. The number of H-pyrrole nitrogens is 1. The van der Waals surface area contributed by atoms with Crippen LogP contribution >= 0.6 is 11.8 Å². The number of aromatic nitrogens is 2. The molecule has 0 bridgehead atoms. The highest BCUT2D eigenvalue weighted by Crippen LogP contribution is 2.13. The van der Waals surface area contributed by atoms with Crippen LogP contribution in [-0.4, -0.2) is 52.3 Å². The minimum Gasteiger partial charge on any atom is -0.308 e. The van der Waals surface area contributed by atoms with Crippen LogP contribution in [0.25, 0.3) is 0 Å². The van der Waals surface area contributed by atoms with Crippen LogP contribution in [-0.2, 0) is 6.42 Å². The number of hydrogen-bond acceptors (Lipinski definition) is 4. The zero-order valence-electron chi connectivity index (χ0n) is 12.9. The Morgan fingerprint density at radius 2 is 1.91 bits per heavy atom. The number of hydrogen-bond donors (Lipinski definition) is 3. The van der Waals surface area contributed by atoms with E-state index in [1.807, 2.05) is 23.9 Å². The summed E-state index contributed by atoms with van der Waals surface area (Å²) in [4.78, 5) is 14.3. The monoisotopic (exact) mass is 331 g/mol. The first-order valence-electron chi connectivity index (χ1n) is 7.75. The summed E-state index contributed by atoms with van der Waals surface area (Å²) < 4.78 is 0. The molecular formula is C16H21N5OS. The van der Waals surface area contributed by atoms with Gasteiger partial charge in [0.15, 0.2) is 0 Å². The number of nitrogens with one attached hydrogen (secondary N) is 3. The molecule has 0 spiro atoms. The van der Waals surface area contributed by atoms with Gasteiger partial charge < -0.3 is 15.5 Å². The second kappa shape index (κ2) is 8.03. The molecule has 1 aliphatic heterocycles. The SMILES string of the molecule is O=C(Nc1ccc(CCN2CCSCC2)cc1)Nc1cn[nH]c1. The molecule has 2 amide bonds. The number of rotatable bonds is 5. The highest BCUT2D eigenvalue weighted by molar-refractivity contribution is 7.99. The fourth-order valence-corrected chi connectivity index (χ4v) is 3.46. The summed E-state index contributed by atoms with van der Waals surface area (Å²) in [5, 5.41) is 11.9. The van der Waals surface area contributed by atoms with Crippen LogP contribution in [0.2, 0.25) is 0 Å². The molecule has 0 atom stereocenters. The van der Waals surface area contributed by atoms with Crippen molar-refractivity contribution in [3.63, 3.8) is 0 Å². The highest BCUT2D eigenvalue weighted by atomic mass is 32.2. The zero-order chi connectivity index (χ0) is 15.9. The summed E-state index contributed by atoms with van der Waals surface area (Å²) in [5.41, 5.74) is 2.71. The van der Waals surface area contributed by atoms with E-state index in [4.69, 9.17) is 0 Å². The maximum atomic E-state index is 11.8. The van der Waals surface area contributed by atoms with Crippen LogP contribution in [0.1, 0.15) is 5.56 Å². The second-order valence-electron chi connectivity index (χ2n) is 5.47. The Hall–Kier alpha value is -1.99. The van der Waals surface area contributed by atoms with Crippen molar-refractivity contribution in [3.05, 3.63) is 42.2 Å². The number of anilines is 2. The smallest absolute Gasteiger partial charge is 0.308 e. The molecule has 122 valence electrons. The van der Waals surface area contributed by atoms with Crippen LogP contribution < -0.4 is 10.6 Å². The van der Waals surface area contributed by atoms with Crippen molar-refractivity contribution in [2.75, 3.05) is 41.8 Å². The van der Waals surface area contributed by atoms with Gasteiger partial charge in [-0.1, -0.05) is 12.1 Å². The zero-order valence-corrected chi connectivity index (χ0v) is 13.7. The summed E-state index contributed by atoms with van der Waals surface area (Å²) in [5.74, 6) is 2.49. The van der Waals surface area contributed by atoms with Crippen LogP contribution in [0.15, 0.2) is 36.7 Å². The van der Waals surface area contributed by atoms with E-state index in [0.717, 1.165) is 18.7 Å². The number of carbonyl (C=O) groups excluding carboxylic acids is 1. The van der Waals surface area contributed by atoms with E-state index in [1.54, 1.807) is 12.4 Å². The quantitative estimate of drug-likeness (QED) is 0.787. The van der Waals surface area contributed by atoms with E-state index in [-0.39, 0.29) is 6.03 Å². The molecule has 1 aromatic carbocycles. The number of thioether (sulfide) groups is 1. The Labute approximate surface area is 140 Å². The Morgan fingerprint density at radius 1 is 1.17 bits per heavy atom. The van der Waals surface area contributed by atoms with Crippen LogP contribution in [0.3, 0.4) is 0 Å². The molecule has 1 aromatic heterocycles. The van der Waals surface area contributed by atoms with Gasteiger partial charge in [-0.15, -0.1) is 0 Å². The lowest BCUT2D eigenvalue weighted by molar-refractivity contribution is 0.262. The van der Waals surface area contributed by atoms with Crippen molar-refractivity contribution in [2.24, 2.45) is 0 Å². The fraction of sp³-hybridized carbons (Fsp3) is 0.375. The molecule has 0 radical (unpaired) electrons. The third kappa shape index (κ3) is 5.01. The molecule has 3 N–H and O–H groups in total. The number of carbonyl (C=O) groups is 1. The normalized spacial score (nSPS) is 15.3. The molecule has 2 heterocycles. The Bertz CT molecular complexity index is 608. The van der Waals surface area contributed by atoms with E-state index >= 15 is 0 Å². The van der Waals surface area contributed by atoms with Crippen molar-refractivity contribution in [1.82, 2.24) is 15.1 Å². The van der Waals surface area contributed by atoms with Crippen LogP contribution in [0, 0.1) is 0 Å². The average molecular weight is 331 g/mol. The van der Waals surface area contributed by atoms with Crippen LogP contribution in [0.5, 0.6) is 0 Å². The van der Waals surface area contributed by atoms with E-state index in [9.17, 15) is 4.79 Å². The minimum absolute atomic E-state index is 0.273. The van der Waals surface area contributed by atoms with Gasteiger partial charge in [0.2, 0.25) is 0 Å². The van der Waals surface area contributed by atoms with Gasteiger partial charge >= 0.3 is 6.03 Å². The maximum absolute atomic E-state index is 11.8. The van der Waals surface area contributed by atoms with Gasteiger partial charge in [-0.25, -0.2) is 4.79 Å². The number of aromatic amines is 1. The van der Waals surface area contributed by atoms with E-state index in [2.05, 4.69) is 37.9 Å². The Balaban J connectivity index is 1.45. The summed E-state index contributed by atoms with van der Waals surface area (Å²) in [6.07, 6.45) is 4.23. The molecule has 1 aliphatic rings. The number of benzene rings is 1. The lowest BCUT2D eigenvalue weighted by atomic mass is 10.1. The van der Waals surface area contributed by atoms with Gasteiger partial charge in [-0.2, -0.15) is 16.9 Å². The third-order valence-corrected chi connectivity index (χ3v) is 4.73. The van der Waals surface area contributed by atoms with E-state index in [1.165, 1.54) is 30.2 Å². The summed E-state index contributed by atoms with van der Waals surface area (Å²) in [6.45, 7) is 3.49. The number of amides is 2. The molecule has 2 aromatic rings. The predicted octanol–water partition coefficient (Wildman–Crippen LogP) is 2.65. The first-order valence-corrected chi connectivity index (χ1v) is 8.91. The number of nitrogens with zero attached hydrogens (tertiary/aromatic N) is 2. The largest absolute Gasteiger partial charge is 0.323 e. The van der Waals surface area contributed by atoms with E-state index in [0.29, 0.717) is 5.69 Å². The Morgan fingerprint density at radius 3 is 2.61 bits per heavy atom. The van der Waals surface area contributed by atoms with Gasteiger partial charge in [0.05, 0.1) is 11.9 Å². The molecule has 3 rings (SSSR count). The van der Waals surface area contributed by atoms with Gasteiger partial charge in [0, 0.05) is 43.0 Å². The fourth-order valence-electron chi connectivity index (χ4n) is 2.48. The standard InChI is InChI=1S/C16H21N5OS/c22-16(20-15-11-17-18-12-15)19-14-3-1-13(2-4-14)5-6-21-7-9-23-10-8-21/h1-4,11-12H,5-10H2,(H,17,18)(H2,19,20,22). The first-order chi connectivity index (χ1) is 11.3. The average Bonchev–Trinajstić information content (AvgIpc) is 3.08. The molecule has 23 heavy (non-hydrogen) atoms. The summed E-state index contributed by atoms with van der Waals surface area (Å²) in [6, 6.07) is 7.76. The molecule has 1 fully saturated rings. The number of urea groups is 1. The van der Waals surface area contributed by atoms with Crippen LogP contribution in [0.4, 0.5) is 16.2 Å². The summed E-state index contributed by atoms with van der Waals surface area (Å²) in [7, 11) is 0. The lowest BCUT2D eigenvalue weighted by Crippen LogP contribution is -2.34. The van der Waals surface area contributed by atoms with Crippen molar-refractivity contribution in [3.8, 4) is 0 Å². The maximum Gasteiger partial charge on any atom is 0.323 e. The predicted molar refractivity (Wildman–Crippen MR) is 95.1 cm³/mol. The van der Waals surface area contributed by atoms with Gasteiger partial charge in [0.25, 0.3) is 0 Å². The summed E-state index contributed by atoms with van der Waals surface area (Å²) >= 11 is 2.04. The van der Waals surface area contributed by atoms with Crippen molar-refractivity contribution in [2.45, 2.75) is 6.42 Å². The second-order valence-corrected chi connectivity index (χ2v) is 6.69. The molecule has 6 nitrogen and oxygen atoms in total. The van der Waals surface area contributed by atoms with Gasteiger partial charge in [0.1, 0.15) is 0 Å². The first kappa shape index (κ1) is 15.9. The molecule has 7 heteroatoms. The van der Waals surface area contributed by atoms with Gasteiger partial charge in [-0.05, 0) is 24.1 Å².